The van der Waals surface area contributed by atoms with Crippen LogP contribution in [-0.4, -0.2) is 55.3 Å². The zero-order valence-corrected chi connectivity index (χ0v) is 18.2. The summed E-state index contributed by atoms with van der Waals surface area (Å²) < 4.78 is 20.6. The van der Waals surface area contributed by atoms with E-state index in [0.29, 0.717) is 32.0 Å². The molecule has 1 unspecified atom stereocenters. The number of aromatic nitrogens is 3. The van der Waals surface area contributed by atoms with Crippen molar-refractivity contribution in [1.29, 1.82) is 0 Å². The van der Waals surface area contributed by atoms with Crippen LogP contribution in [-0.2, 0) is 29.0 Å². The highest BCUT2D eigenvalue weighted by Crippen LogP contribution is 2.32. The van der Waals surface area contributed by atoms with E-state index in [1.165, 1.54) is 12.1 Å². The predicted octanol–water partition coefficient (Wildman–Crippen LogP) is 3.07. The van der Waals surface area contributed by atoms with E-state index in [0.717, 1.165) is 24.2 Å². The van der Waals surface area contributed by atoms with Crippen LogP contribution in [0.15, 0.2) is 24.3 Å². The van der Waals surface area contributed by atoms with Gasteiger partial charge in [0.15, 0.2) is 11.6 Å². The van der Waals surface area contributed by atoms with Crippen molar-refractivity contribution in [1.82, 2.24) is 24.6 Å². The first-order chi connectivity index (χ1) is 14.7. The molecule has 0 bridgehead atoms. The molecule has 31 heavy (non-hydrogen) atoms. The van der Waals surface area contributed by atoms with Gasteiger partial charge in [-0.2, -0.15) is 0 Å². The Kier molecular flexibility index (Phi) is 5.68. The molecule has 1 saturated heterocycles. The highest BCUT2D eigenvalue weighted by Gasteiger charge is 2.36. The van der Waals surface area contributed by atoms with E-state index in [4.69, 9.17) is 4.74 Å². The Balaban J connectivity index is 1.46. The van der Waals surface area contributed by atoms with Crippen LogP contribution in [0.5, 0.6) is 0 Å². The molecule has 0 radical (unpaired) electrons. The van der Waals surface area contributed by atoms with Crippen LogP contribution in [0.4, 0.5) is 9.18 Å². The summed E-state index contributed by atoms with van der Waals surface area (Å²) in [6.07, 6.45) is 1.58. The second kappa shape index (κ2) is 8.28. The summed E-state index contributed by atoms with van der Waals surface area (Å²) in [6.45, 7) is 7.58. The molecular formula is C22H28FN5O3. The normalized spacial score (nSPS) is 18.8. The molecule has 4 rings (SSSR count). The molecule has 0 saturated carbocycles. The van der Waals surface area contributed by atoms with Crippen molar-refractivity contribution in [3.8, 4) is 0 Å². The maximum absolute atomic E-state index is 13.1. The molecule has 2 amide bonds. The number of halogens is 1. The Hall–Kier alpha value is -2.97. The largest absolute Gasteiger partial charge is 0.444 e. The number of carbonyl (C=O) groups is 2. The molecule has 1 atom stereocenters. The van der Waals surface area contributed by atoms with Crippen LogP contribution in [0.3, 0.4) is 0 Å². The maximum Gasteiger partial charge on any atom is 0.410 e. The second-order valence-electron chi connectivity index (χ2n) is 9.08. The first-order valence-electron chi connectivity index (χ1n) is 10.6. The number of carbonyl (C=O) groups excluding carboxylic acids is 2. The number of ether oxygens (including phenoxy) is 1. The number of nitrogens with zero attached hydrogens (tertiary/aromatic N) is 5. The number of benzene rings is 1. The lowest BCUT2D eigenvalue weighted by Crippen LogP contribution is -2.42. The van der Waals surface area contributed by atoms with Gasteiger partial charge < -0.3 is 14.2 Å². The minimum absolute atomic E-state index is 0.00218. The standard InChI is InChI=1S/C22H28FN5O3/c1-22(2,3)31-21(30)26-11-12-28-18(14-26)24-25-20(28)17-5-4-10-27(17)19(29)13-15-6-8-16(23)9-7-15/h6-9,17H,4-5,10-14H2,1-3H3. The van der Waals surface area contributed by atoms with E-state index < -0.39 is 5.60 Å². The van der Waals surface area contributed by atoms with Crippen molar-refractivity contribution < 1.29 is 18.7 Å². The van der Waals surface area contributed by atoms with Crippen LogP contribution in [0.2, 0.25) is 0 Å². The van der Waals surface area contributed by atoms with Gasteiger partial charge in [-0.15, -0.1) is 10.2 Å². The molecule has 3 heterocycles. The van der Waals surface area contributed by atoms with Crippen molar-refractivity contribution in [2.24, 2.45) is 0 Å². The van der Waals surface area contributed by atoms with E-state index in [-0.39, 0.29) is 30.3 Å². The maximum atomic E-state index is 13.1. The Morgan fingerprint density at radius 3 is 2.58 bits per heavy atom. The van der Waals surface area contributed by atoms with E-state index >= 15 is 0 Å². The van der Waals surface area contributed by atoms with Gasteiger partial charge in [0.1, 0.15) is 11.4 Å². The van der Waals surface area contributed by atoms with Crippen molar-refractivity contribution in [3.63, 3.8) is 0 Å². The molecule has 0 aliphatic carbocycles. The zero-order valence-electron chi connectivity index (χ0n) is 18.2. The van der Waals surface area contributed by atoms with E-state index in [1.807, 2.05) is 30.2 Å². The highest BCUT2D eigenvalue weighted by atomic mass is 19.1. The number of hydrogen-bond donors (Lipinski definition) is 0. The third-order valence-electron chi connectivity index (χ3n) is 5.57. The molecule has 0 N–H and O–H groups in total. The highest BCUT2D eigenvalue weighted by molar-refractivity contribution is 5.79. The summed E-state index contributed by atoms with van der Waals surface area (Å²) in [6, 6.07) is 5.89. The fraction of sp³-hybridized carbons (Fsp3) is 0.545. The van der Waals surface area contributed by atoms with E-state index in [1.54, 1.807) is 17.0 Å². The fourth-order valence-corrected chi connectivity index (χ4v) is 4.12. The SMILES string of the molecule is CC(C)(C)OC(=O)N1CCn2c(nnc2C2CCCN2C(=O)Cc2ccc(F)cc2)C1. The second-order valence-corrected chi connectivity index (χ2v) is 9.08. The molecular weight excluding hydrogens is 401 g/mol. The average Bonchev–Trinajstić information content (AvgIpc) is 3.34. The molecule has 8 nitrogen and oxygen atoms in total. The minimum Gasteiger partial charge on any atom is -0.444 e. The first kappa shape index (κ1) is 21.3. The first-order valence-corrected chi connectivity index (χ1v) is 10.6. The number of fused-ring (bicyclic) bond motifs is 1. The molecule has 2 aliphatic heterocycles. The van der Waals surface area contributed by atoms with Crippen LogP contribution in [0, 0.1) is 5.82 Å². The summed E-state index contributed by atoms with van der Waals surface area (Å²) in [7, 11) is 0. The molecule has 1 fully saturated rings. The number of likely N-dealkylation sites (tertiary alicyclic amines) is 1. The Labute approximate surface area is 181 Å². The number of rotatable bonds is 3. The quantitative estimate of drug-likeness (QED) is 0.749. The lowest BCUT2D eigenvalue weighted by Gasteiger charge is -2.31. The van der Waals surface area contributed by atoms with Crippen molar-refractivity contribution in [2.75, 3.05) is 13.1 Å². The Morgan fingerprint density at radius 1 is 1.13 bits per heavy atom. The molecule has 1 aromatic carbocycles. The van der Waals surface area contributed by atoms with Crippen molar-refractivity contribution >= 4 is 12.0 Å². The number of amides is 2. The van der Waals surface area contributed by atoms with Gasteiger partial charge in [0.25, 0.3) is 0 Å². The molecule has 0 spiro atoms. The molecule has 166 valence electrons. The summed E-state index contributed by atoms with van der Waals surface area (Å²) in [5.74, 6) is 1.15. The molecule has 9 heteroatoms. The fourth-order valence-electron chi connectivity index (χ4n) is 4.12. The van der Waals surface area contributed by atoms with Gasteiger partial charge in [0.05, 0.1) is 19.0 Å². The van der Waals surface area contributed by atoms with E-state index in [9.17, 15) is 14.0 Å². The van der Waals surface area contributed by atoms with Crippen LogP contribution >= 0.6 is 0 Å². The predicted molar refractivity (Wildman–Crippen MR) is 110 cm³/mol. The Morgan fingerprint density at radius 2 is 1.87 bits per heavy atom. The minimum atomic E-state index is -0.553. The van der Waals surface area contributed by atoms with Crippen molar-refractivity contribution in [3.05, 3.63) is 47.3 Å². The van der Waals surface area contributed by atoms with Gasteiger partial charge >= 0.3 is 6.09 Å². The van der Waals surface area contributed by atoms with Gasteiger partial charge in [-0.1, -0.05) is 12.1 Å². The Bertz CT molecular complexity index is 967. The smallest absolute Gasteiger partial charge is 0.410 e. The third kappa shape index (κ3) is 4.70. The summed E-state index contributed by atoms with van der Waals surface area (Å²) in [5.41, 5.74) is 0.233. The summed E-state index contributed by atoms with van der Waals surface area (Å²) >= 11 is 0. The molecule has 2 aromatic rings. The lowest BCUT2D eigenvalue weighted by atomic mass is 10.1. The number of hydrogen-bond acceptors (Lipinski definition) is 5. The zero-order chi connectivity index (χ0) is 22.2. The topological polar surface area (TPSA) is 80.6 Å². The molecule has 2 aliphatic rings. The summed E-state index contributed by atoms with van der Waals surface area (Å²) in [5, 5.41) is 8.69. The van der Waals surface area contributed by atoms with Gasteiger partial charge in [-0.3, -0.25) is 9.69 Å². The monoisotopic (exact) mass is 429 g/mol. The third-order valence-corrected chi connectivity index (χ3v) is 5.57. The lowest BCUT2D eigenvalue weighted by molar-refractivity contribution is -0.131. The van der Waals surface area contributed by atoms with E-state index in [2.05, 4.69) is 10.2 Å². The average molecular weight is 429 g/mol. The van der Waals surface area contributed by atoms with Crippen molar-refractivity contribution in [2.45, 2.75) is 64.8 Å². The van der Waals surface area contributed by atoms with Crippen LogP contribution in [0.25, 0.3) is 0 Å². The van der Waals surface area contributed by atoms with Crippen LogP contribution in [0.1, 0.15) is 56.9 Å². The van der Waals surface area contributed by atoms with Gasteiger partial charge in [0, 0.05) is 19.6 Å². The summed E-state index contributed by atoms with van der Waals surface area (Å²) in [4.78, 5) is 28.8. The van der Waals surface area contributed by atoms with Gasteiger partial charge in [0.2, 0.25) is 5.91 Å². The van der Waals surface area contributed by atoms with Crippen LogP contribution < -0.4 is 0 Å². The van der Waals surface area contributed by atoms with Gasteiger partial charge in [-0.25, -0.2) is 9.18 Å². The molecule has 1 aromatic heterocycles. The van der Waals surface area contributed by atoms with Gasteiger partial charge in [-0.05, 0) is 51.3 Å².